The smallest absolute Gasteiger partial charge is 0.347 e. The number of hydrogen-bond donors (Lipinski definition) is 0. The van der Waals surface area contributed by atoms with E-state index in [2.05, 4.69) is 0 Å². The van der Waals surface area contributed by atoms with Gasteiger partial charge in [0.25, 0.3) is 0 Å². The highest BCUT2D eigenvalue weighted by Gasteiger charge is 2.19. The molecule has 2 aromatic rings. The molecule has 0 saturated carbocycles. The maximum absolute atomic E-state index is 12.5. The Morgan fingerprint density at radius 3 is 2.10 bits per heavy atom. The average molecular weight is 286 g/mol. The van der Waals surface area contributed by atoms with Gasteiger partial charge >= 0.3 is 5.97 Å². The number of benzene rings is 2. The van der Waals surface area contributed by atoms with Crippen molar-refractivity contribution < 1.29 is 13.7 Å². The number of esters is 1. The minimum absolute atomic E-state index is 0.130. The molecule has 0 N–H and O–H groups in total. The highest BCUT2D eigenvalue weighted by Crippen LogP contribution is 2.18. The first-order chi connectivity index (χ1) is 9.72. The van der Waals surface area contributed by atoms with Gasteiger partial charge in [-0.3, -0.25) is 0 Å². The van der Waals surface area contributed by atoms with E-state index in [0.29, 0.717) is 4.90 Å². The average Bonchev–Trinajstić information content (AvgIpc) is 2.53. The highest BCUT2D eigenvalue weighted by atomic mass is 32.2. The fourth-order valence-corrected chi connectivity index (χ4v) is 2.80. The topological polar surface area (TPSA) is 43.4 Å². The fourth-order valence-electron chi connectivity index (χ4n) is 1.66. The van der Waals surface area contributed by atoms with Crippen LogP contribution in [-0.2, 0) is 20.3 Å². The van der Waals surface area contributed by atoms with Crippen molar-refractivity contribution in [2.75, 3.05) is 7.11 Å². The van der Waals surface area contributed by atoms with E-state index in [1.807, 2.05) is 36.4 Å². The molecule has 0 aliphatic rings. The molecule has 1 atom stereocenters. The van der Waals surface area contributed by atoms with Crippen LogP contribution in [0.15, 0.2) is 70.5 Å². The number of rotatable bonds is 4. The minimum Gasteiger partial charge on any atom is -0.465 e. The zero-order chi connectivity index (χ0) is 14.4. The molecule has 0 bridgehead atoms. The van der Waals surface area contributed by atoms with Gasteiger partial charge in [0.15, 0.2) is 0 Å². The number of ether oxygens (including phenoxy) is 1. The summed E-state index contributed by atoms with van der Waals surface area (Å²) in [5, 5.41) is 0. The first kappa shape index (κ1) is 14.2. The predicted molar refractivity (Wildman–Crippen MR) is 79.3 cm³/mol. The van der Waals surface area contributed by atoms with Crippen molar-refractivity contribution in [2.24, 2.45) is 0 Å². The first-order valence-corrected chi connectivity index (χ1v) is 7.19. The quantitative estimate of drug-likeness (QED) is 0.641. The van der Waals surface area contributed by atoms with Gasteiger partial charge in [0.2, 0.25) is 0 Å². The van der Waals surface area contributed by atoms with Crippen LogP contribution in [0.3, 0.4) is 0 Å². The molecule has 4 heteroatoms. The second kappa shape index (κ2) is 6.82. The van der Waals surface area contributed by atoms with Gasteiger partial charge in [-0.15, -0.1) is 0 Å². The number of carbonyl (C=O) groups excluding carboxylic acids is 1. The van der Waals surface area contributed by atoms with Crippen LogP contribution in [0.4, 0.5) is 0 Å². The van der Waals surface area contributed by atoms with Gasteiger partial charge < -0.3 is 4.74 Å². The predicted octanol–water partition coefficient (Wildman–Crippen LogP) is 3.01. The molecule has 0 saturated heterocycles. The van der Waals surface area contributed by atoms with Crippen LogP contribution in [0.5, 0.6) is 0 Å². The Balaban J connectivity index is 2.41. The first-order valence-electron chi connectivity index (χ1n) is 6.04. The molecular weight excluding hydrogens is 272 g/mol. The molecule has 0 heterocycles. The van der Waals surface area contributed by atoms with Crippen molar-refractivity contribution in [3.8, 4) is 0 Å². The monoisotopic (exact) mass is 286 g/mol. The largest absolute Gasteiger partial charge is 0.465 e. The van der Waals surface area contributed by atoms with E-state index >= 15 is 0 Å². The van der Waals surface area contributed by atoms with E-state index in [4.69, 9.17) is 4.74 Å². The summed E-state index contributed by atoms with van der Waals surface area (Å²) in [4.78, 5) is 12.5. The van der Waals surface area contributed by atoms with Crippen molar-refractivity contribution >= 4 is 22.8 Å². The summed E-state index contributed by atoms with van der Waals surface area (Å²) in [7, 11) is -0.284. The number of methoxy groups -OCH3 is 1. The Bertz CT molecular complexity index is 633. The van der Waals surface area contributed by atoms with Crippen molar-refractivity contribution in [1.82, 2.24) is 0 Å². The summed E-state index contributed by atoms with van der Waals surface area (Å²) in [6, 6.07) is 18.1. The zero-order valence-electron chi connectivity index (χ0n) is 11.0. The number of hydrogen-bond acceptors (Lipinski definition) is 3. The Morgan fingerprint density at radius 2 is 1.55 bits per heavy atom. The molecule has 0 radical (unpaired) electrons. The van der Waals surface area contributed by atoms with Crippen LogP contribution in [0.2, 0.25) is 0 Å². The summed E-state index contributed by atoms with van der Waals surface area (Å²) in [5.41, 5.74) is 0.803. The Morgan fingerprint density at radius 1 is 1.00 bits per heavy atom. The van der Waals surface area contributed by atoms with E-state index in [-0.39, 0.29) is 4.91 Å². The lowest BCUT2D eigenvalue weighted by atomic mass is 10.2. The van der Waals surface area contributed by atoms with Crippen molar-refractivity contribution in [3.05, 3.63) is 71.1 Å². The normalized spacial score (nSPS) is 12.8. The molecule has 2 rings (SSSR count). The maximum atomic E-state index is 12.5. The molecule has 1 unspecified atom stereocenters. The number of carbonyl (C=O) groups is 1. The Kier molecular flexibility index (Phi) is 4.85. The van der Waals surface area contributed by atoms with E-state index < -0.39 is 16.8 Å². The molecule has 0 fully saturated rings. The van der Waals surface area contributed by atoms with Gasteiger partial charge in [0.05, 0.1) is 17.9 Å². The van der Waals surface area contributed by atoms with Crippen LogP contribution >= 0.6 is 0 Å². The second-order valence-corrected chi connectivity index (χ2v) is 5.44. The summed E-state index contributed by atoms with van der Waals surface area (Å²) in [5.74, 6) is -0.587. The minimum atomic E-state index is -1.57. The fraction of sp³-hybridized carbons (Fsp3) is 0.0625. The van der Waals surface area contributed by atoms with Crippen LogP contribution in [0.25, 0.3) is 6.08 Å². The van der Waals surface area contributed by atoms with Gasteiger partial charge in [-0.2, -0.15) is 0 Å². The van der Waals surface area contributed by atoms with E-state index in [1.165, 1.54) is 7.11 Å². The van der Waals surface area contributed by atoms with Gasteiger partial charge in [-0.25, -0.2) is 9.00 Å². The summed E-state index contributed by atoms with van der Waals surface area (Å²) < 4.78 is 17.2. The molecule has 0 spiro atoms. The zero-order valence-corrected chi connectivity index (χ0v) is 11.8. The van der Waals surface area contributed by atoms with E-state index in [0.717, 1.165) is 5.56 Å². The molecule has 20 heavy (non-hydrogen) atoms. The molecule has 0 aromatic heterocycles. The Labute approximate surface area is 120 Å². The molecule has 0 amide bonds. The third kappa shape index (κ3) is 3.42. The van der Waals surface area contributed by atoms with Gasteiger partial charge in [-0.05, 0) is 23.8 Å². The summed E-state index contributed by atoms with van der Waals surface area (Å²) in [6.45, 7) is 0. The van der Waals surface area contributed by atoms with Gasteiger partial charge in [-0.1, -0.05) is 48.5 Å². The molecule has 0 aliphatic heterocycles. The summed E-state index contributed by atoms with van der Waals surface area (Å²) >= 11 is 0. The third-order valence-corrected chi connectivity index (χ3v) is 4.03. The van der Waals surface area contributed by atoms with Crippen molar-refractivity contribution in [1.29, 1.82) is 0 Å². The molecular formula is C16H14O3S. The lowest BCUT2D eigenvalue weighted by molar-refractivity contribution is -0.135. The van der Waals surface area contributed by atoms with Gasteiger partial charge in [0, 0.05) is 4.90 Å². The lowest BCUT2D eigenvalue weighted by Crippen LogP contribution is -2.10. The van der Waals surface area contributed by atoms with Crippen LogP contribution in [0.1, 0.15) is 5.56 Å². The molecule has 102 valence electrons. The van der Waals surface area contributed by atoms with Crippen LogP contribution < -0.4 is 0 Å². The maximum Gasteiger partial charge on any atom is 0.347 e. The van der Waals surface area contributed by atoms with E-state index in [9.17, 15) is 9.00 Å². The SMILES string of the molecule is COC(=O)C(=Cc1ccccc1)S(=O)c1ccccc1. The highest BCUT2D eigenvalue weighted by molar-refractivity contribution is 7.90. The van der Waals surface area contributed by atoms with Crippen molar-refractivity contribution in [2.45, 2.75) is 4.90 Å². The third-order valence-electron chi connectivity index (χ3n) is 2.64. The summed E-state index contributed by atoms with van der Waals surface area (Å²) in [6.07, 6.45) is 1.59. The second-order valence-electron chi connectivity index (χ2n) is 3.99. The van der Waals surface area contributed by atoms with Crippen molar-refractivity contribution in [3.63, 3.8) is 0 Å². The molecule has 2 aromatic carbocycles. The Hall–Kier alpha value is -2.20. The lowest BCUT2D eigenvalue weighted by Gasteiger charge is -2.06. The van der Waals surface area contributed by atoms with Gasteiger partial charge in [0.1, 0.15) is 4.91 Å². The van der Waals surface area contributed by atoms with E-state index in [1.54, 1.807) is 30.3 Å². The van der Waals surface area contributed by atoms with Crippen LogP contribution in [-0.4, -0.2) is 17.3 Å². The molecule has 0 aliphatic carbocycles. The molecule has 3 nitrogen and oxygen atoms in total. The standard InChI is InChI=1S/C16H14O3S/c1-19-16(17)15(12-13-8-4-2-5-9-13)20(18)14-10-6-3-7-11-14/h2-12H,1H3. The van der Waals surface area contributed by atoms with Crippen LogP contribution in [0, 0.1) is 0 Å².